The molecule has 1 nitrogen and oxygen atoms in total. The van der Waals surface area contributed by atoms with E-state index >= 15 is 0 Å². The van der Waals surface area contributed by atoms with Gasteiger partial charge in [0.15, 0.2) is 0 Å². The van der Waals surface area contributed by atoms with E-state index in [1.807, 2.05) is 30.3 Å². The summed E-state index contributed by atoms with van der Waals surface area (Å²) in [4.78, 5) is 11.1. The van der Waals surface area contributed by atoms with Crippen LogP contribution in [-0.2, 0) is 11.2 Å². The van der Waals surface area contributed by atoms with Crippen LogP contribution in [-0.4, -0.2) is 5.78 Å². The number of Topliss-reactive ketones (excluding diaryl/α,β-unsaturated/α-hetero) is 1. The van der Waals surface area contributed by atoms with Gasteiger partial charge in [-0.25, -0.2) is 0 Å². The molecule has 0 saturated heterocycles. The molecule has 70 valence electrons. The van der Waals surface area contributed by atoms with Gasteiger partial charge in [-0.05, 0) is 18.9 Å². The molecule has 0 aromatic heterocycles. The van der Waals surface area contributed by atoms with Gasteiger partial charge in [0, 0.05) is 7.34 Å². The van der Waals surface area contributed by atoms with Gasteiger partial charge in [-0.15, -0.1) is 6.58 Å². The Balaban J connectivity index is 0.00000169. The highest BCUT2D eigenvalue weighted by Crippen LogP contribution is 2.10. The highest BCUT2D eigenvalue weighted by atomic mass is 16.1. The van der Waals surface area contributed by atoms with E-state index in [0.29, 0.717) is 0 Å². The summed E-state index contributed by atoms with van der Waals surface area (Å²) in [7, 11) is 0. The van der Waals surface area contributed by atoms with E-state index < -0.39 is 0 Å². The molecule has 0 bridgehead atoms. The lowest BCUT2D eigenvalue weighted by Crippen LogP contribution is -2.10. The van der Waals surface area contributed by atoms with Crippen molar-refractivity contribution >= 4 is 5.78 Å². The predicted molar refractivity (Wildman–Crippen MR) is 56.6 cm³/mol. The molecule has 0 N–H and O–H groups in total. The first kappa shape index (κ1) is 9.72. The van der Waals surface area contributed by atoms with E-state index in [2.05, 4.69) is 6.58 Å². The molecule has 0 aliphatic carbocycles. The smallest absolute Gasteiger partial charge is 0.136 e. The van der Waals surface area contributed by atoms with E-state index in [4.69, 9.17) is 0 Å². The minimum absolute atomic E-state index is 0. The molecule has 0 aliphatic heterocycles. The van der Waals surface area contributed by atoms with Crippen molar-refractivity contribution in [2.24, 2.45) is 5.92 Å². The summed E-state index contributed by atoms with van der Waals surface area (Å²) in [5.74, 6) is 0.140. The maximum Gasteiger partial charge on any atom is 0.136 e. The van der Waals surface area contributed by atoms with Crippen molar-refractivity contribution in [3.05, 3.63) is 48.6 Å². The van der Waals surface area contributed by atoms with Gasteiger partial charge >= 0.3 is 0 Å². The molecule has 0 aliphatic rings. The molecule has 1 aromatic carbocycles. The number of hydrogen-bond donors (Lipinski definition) is 0. The largest absolute Gasteiger partial charge is 0.299 e. The molecule has 0 radical (unpaired) electrons. The number of benzene rings is 1. The van der Waals surface area contributed by atoms with Crippen LogP contribution >= 0.6 is 0 Å². The summed E-state index contributed by atoms with van der Waals surface area (Å²) in [6.07, 6.45) is 2.48. The maximum atomic E-state index is 11.1. The Bertz CT molecular complexity index is 292. The molecule has 0 amide bonds. The van der Waals surface area contributed by atoms with Crippen LogP contribution < -0.4 is 0 Å². The van der Waals surface area contributed by atoms with Crippen LogP contribution in [0.15, 0.2) is 43.0 Å². The number of carbonyl (C=O) groups excluding carboxylic acids is 1. The molecule has 1 heteroatoms. The Morgan fingerprint density at radius 2 is 2.15 bits per heavy atom. The van der Waals surface area contributed by atoms with Crippen LogP contribution in [0.1, 0.15) is 13.9 Å². The summed E-state index contributed by atoms with van der Waals surface area (Å²) in [6, 6.07) is 9.99. The number of ketones is 1. The van der Waals surface area contributed by atoms with Crippen LogP contribution in [0, 0.1) is 5.92 Å². The third kappa shape index (κ3) is 2.86. The van der Waals surface area contributed by atoms with E-state index in [1.54, 1.807) is 13.0 Å². The van der Waals surface area contributed by atoms with Gasteiger partial charge in [0.2, 0.25) is 0 Å². The molecule has 1 aromatic rings. The summed E-state index contributed by atoms with van der Waals surface area (Å²) in [5.41, 5.74) is 1.18. The zero-order valence-corrected chi connectivity index (χ0v) is 7.86. The van der Waals surface area contributed by atoms with E-state index in [-0.39, 0.29) is 13.1 Å². The van der Waals surface area contributed by atoms with Crippen LogP contribution in [0.5, 0.6) is 0 Å². The molecule has 1 rings (SSSR count). The fourth-order valence-electron chi connectivity index (χ4n) is 1.26. The minimum Gasteiger partial charge on any atom is -0.299 e. The fraction of sp³-hybridized carbons (Fsp3) is 0.250. The molecular formula is C12H16O. The Kier molecular flexibility index (Phi) is 3.44. The van der Waals surface area contributed by atoms with Gasteiger partial charge in [0.1, 0.15) is 5.78 Å². The molecule has 13 heavy (non-hydrogen) atoms. The Morgan fingerprint density at radius 3 is 2.62 bits per heavy atom. The van der Waals surface area contributed by atoms with Crippen LogP contribution in [0.2, 0.25) is 0 Å². The van der Waals surface area contributed by atoms with Crippen molar-refractivity contribution in [3.63, 3.8) is 0 Å². The average Bonchev–Trinajstić information content (AvgIpc) is 2.15. The number of hydrogen-bond acceptors (Lipinski definition) is 1. The van der Waals surface area contributed by atoms with E-state index in [9.17, 15) is 4.79 Å². The number of rotatable bonds is 4. The molecule has 0 saturated carbocycles. The lowest BCUT2D eigenvalue weighted by atomic mass is 9.96. The van der Waals surface area contributed by atoms with Crippen molar-refractivity contribution in [1.82, 2.24) is 0 Å². The highest BCUT2D eigenvalue weighted by Gasteiger charge is 2.09. The van der Waals surface area contributed by atoms with Crippen molar-refractivity contribution in [3.8, 4) is 0 Å². The van der Waals surface area contributed by atoms with Crippen molar-refractivity contribution in [2.75, 3.05) is 0 Å². The highest BCUT2D eigenvalue weighted by molar-refractivity contribution is 5.80. The van der Waals surface area contributed by atoms with Gasteiger partial charge in [-0.3, -0.25) is 4.79 Å². The zero-order valence-electron chi connectivity index (χ0n) is 7.86. The van der Waals surface area contributed by atoms with E-state index in [1.165, 1.54) is 5.56 Å². The van der Waals surface area contributed by atoms with Gasteiger partial charge in [-0.2, -0.15) is 0 Å². The predicted octanol–water partition coefficient (Wildman–Crippen LogP) is 2.87. The number of carbonyl (C=O) groups is 1. The van der Waals surface area contributed by atoms with Gasteiger partial charge in [-0.1, -0.05) is 36.4 Å². The third-order valence-electron chi connectivity index (χ3n) is 2.11. The molecule has 0 unspecified atom stereocenters. The first-order chi connectivity index (χ1) is 6.24. The topological polar surface area (TPSA) is 17.1 Å². The van der Waals surface area contributed by atoms with Crippen LogP contribution in [0.3, 0.4) is 0 Å². The zero-order chi connectivity index (χ0) is 9.68. The second-order valence-electron chi connectivity index (χ2n) is 3.14. The quantitative estimate of drug-likeness (QED) is 0.645. The van der Waals surface area contributed by atoms with Crippen molar-refractivity contribution in [1.29, 1.82) is 0 Å². The van der Waals surface area contributed by atoms with Crippen molar-refractivity contribution in [2.45, 2.75) is 13.3 Å². The maximum absolute atomic E-state index is 11.1. The van der Waals surface area contributed by atoms with Gasteiger partial charge in [0.25, 0.3) is 0 Å². The Labute approximate surface area is 80.6 Å². The molecule has 1 atom stereocenters. The standard InChI is InChI=1S/C12H14O.H2/c1-3-12(10(2)13)9-11-7-5-4-6-8-11;/h3-8,12H,1,9H2,2H3;1H/t12-;/m0./s1. The summed E-state index contributed by atoms with van der Waals surface area (Å²) < 4.78 is 0. The molecule has 0 spiro atoms. The lowest BCUT2D eigenvalue weighted by Gasteiger charge is -2.07. The van der Waals surface area contributed by atoms with Gasteiger partial charge in [0.05, 0.1) is 0 Å². The summed E-state index contributed by atoms with van der Waals surface area (Å²) in [5, 5.41) is 0. The van der Waals surface area contributed by atoms with Crippen LogP contribution in [0.4, 0.5) is 0 Å². The number of allylic oxidation sites excluding steroid dienone is 1. The average molecular weight is 176 g/mol. The normalized spacial score (nSPS) is 12.1. The Morgan fingerprint density at radius 1 is 1.54 bits per heavy atom. The van der Waals surface area contributed by atoms with Crippen molar-refractivity contribution < 1.29 is 6.22 Å². The summed E-state index contributed by atoms with van der Waals surface area (Å²) >= 11 is 0. The fourth-order valence-corrected chi connectivity index (χ4v) is 1.26. The monoisotopic (exact) mass is 176 g/mol. The molecular weight excluding hydrogens is 160 g/mol. The molecule has 0 fully saturated rings. The first-order valence-corrected chi connectivity index (χ1v) is 4.41. The first-order valence-electron chi connectivity index (χ1n) is 4.41. The Hall–Kier alpha value is -1.37. The second-order valence-corrected chi connectivity index (χ2v) is 3.14. The van der Waals surface area contributed by atoms with E-state index in [0.717, 1.165) is 6.42 Å². The lowest BCUT2D eigenvalue weighted by molar-refractivity contribution is -0.119. The third-order valence-corrected chi connectivity index (χ3v) is 2.11. The second kappa shape index (κ2) is 4.61. The van der Waals surface area contributed by atoms with Crippen LogP contribution in [0.25, 0.3) is 0 Å². The minimum atomic E-state index is -0.0394. The van der Waals surface area contributed by atoms with Gasteiger partial charge < -0.3 is 0 Å². The summed E-state index contributed by atoms with van der Waals surface area (Å²) in [6.45, 7) is 5.26. The SMILES string of the molecule is C=C[C@@H](Cc1ccccc1)C(C)=O.[HH]. The molecule has 0 heterocycles.